The van der Waals surface area contributed by atoms with Crippen molar-refractivity contribution in [2.45, 2.75) is 61.0 Å². The minimum absolute atomic E-state index is 0.0313. The molecule has 0 spiro atoms. The van der Waals surface area contributed by atoms with Crippen LogP contribution >= 0.6 is 46.2 Å². The molecule has 240 valence electrons. The zero-order chi connectivity index (χ0) is 32.7. The summed E-state index contributed by atoms with van der Waals surface area (Å²) >= 11 is 4.98. The number of aromatic nitrogens is 3. The highest BCUT2D eigenvalue weighted by Gasteiger charge is 2.54. The number of amides is 2. The Bertz CT molecular complexity index is 1820. The topological polar surface area (TPSA) is 201 Å². The van der Waals surface area contributed by atoms with Crippen LogP contribution in [0, 0.1) is 0 Å². The number of hydrogen-bond acceptors (Lipinski definition) is 13. The van der Waals surface area contributed by atoms with Gasteiger partial charge in [-0.05, 0) is 32.8 Å². The molecule has 6 rings (SSSR count). The van der Waals surface area contributed by atoms with Gasteiger partial charge in [0.2, 0.25) is 5.60 Å². The van der Waals surface area contributed by atoms with Crippen molar-refractivity contribution in [3.05, 3.63) is 62.3 Å². The molecule has 1 saturated heterocycles. The van der Waals surface area contributed by atoms with Crippen molar-refractivity contribution in [3.8, 4) is 0 Å². The van der Waals surface area contributed by atoms with Gasteiger partial charge in [-0.15, -0.1) is 34.4 Å². The van der Waals surface area contributed by atoms with Gasteiger partial charge in [0.15, 0.2) is 33.6 Å². The maximum absolute atomic E-state index is 13.3. The van der Waals surface area contributed by atoms with Crippen LogP contribution in [0.1, 0.15) is 42.9 Å². The highest BCUT2D eigenvalue weighted by atomic mass is 32.2. The number of nitrogen functional groups attached to an aromatic ring is 1. The Morgan fingerprint density at radius 3 is 2.76 bits per heavy atom. The van der Waals surface area contributed by atoms with Crippen molar-refractivity contribution >= 4 is 80.8 Å². The molecule has 0 unspecified atom stereocenters. The highest BCUT2D eigenvalue weighted by Crippen LogP contribution is 2.45. The summed E-state index contributed by atoms with van der Waals surface area (Å²) in [6.07, 6.45) is 5.30. The molecule has 2 amide bonds. The van der Waals surface area contributed by atoms with Crippen molar-refractivity contribution < 1.29 is 38.8 Å². The molecule has 3 aromatic heterocycles. The zero-order valence-corrected chi connectivity index (χ0v) is 27.7. The molecule has 3 aliphatic rings. The third-order valence-electron chi connectivity index (χ3n) is 7.50. The average Bonchev–Trinajstić information content (AvgIpc) is 3.77. The zero-order valence-electron chi connectivity index (χ0n) is 24.5. The summed E-state index contributed by atoms with van der Waals surface area (Å²) in [5.41, 5.74) is 7.01. The number of nitrogens with one attached hydrogen (secondary N) is 1. The Balaban J connectivity index is 1.17. The summed E-state index contributed by atoms with van der Waals surface area (Å²) < 4.78 is 2.88. The number of nitrogens with two attached hydrogens (primary N) is 1. The third kappa shape index (κ3) is 6.21. The standard InChI is InChI=1S/C28H27N7O7S4/c1-28(2,25(40)41)42-33-18(15-11-44-26(29)31-15)21(36)32-19-22(37)35-20(24(38)39)17(12-43-23(19)35)46-27-30-14(10-45-27)9-34-8-4-6-13-5-3-7-16(13)34/h4,6,8,10-11,19,23H,3,5,7,9,12H2,1-2H3,(H4-,29,31,32,36,38,39,40,41)/p+1/b33-18-/t19-,23-/m1/s1. The lowest BCUT2D eigenvalue weighted by molar-refractivity contribution is -0.695. The van der Waals surface area contributed by atoms with Crippen LogP contribution in [0.2, 0.25) is 0 Å². The number of anilines is 1. The number of fused-ring (bicyclic) bond motifs is 2. The van der Waals surface area contributed by atoms with Gasteiger partial charge < -0.3 is 26.1 Å². The Morgan fingerprint density at radius 2 is 2.04 bits per heavy atom. The average molecular weight is 703 g/mol. The van der Waals surface area contributed by atoms with E-state index in [1.54, 1.807) is 0 Å². The van der Waals surface area contributed by atoms with Gasteiger partial charge in [0.25, 0.3) is 11.8 Å². The van der Waals surface area contributed by atoms with Gasteiger partial charge in [-0.2, -0.15) is 4.57 Å². The third-order valence-corrected chi connectivity index (χ3v) is 11.7. The fourth-order valence-electron chi connectivity index (χ4n) is 5.13. The molecule has 5 heterocycles. The number of carbonyl (C=O) groups is 4. The molecule has 2 atom stereocenters. The molecule has 0 saturated carbocycles. The van der Waals surface area contributed by atoms with Crippen molar-refractivity contribution in [1.29, 1.82) is 0 Å². The number of carboxylic acid groups (broad SMARTS) is 2. The molecule has 3 aromatic rings. The van der Waals surface area contributed by atoms with E-state index >= 15 is 0 Å². The molecule has 0 bridgehead atoms. The molecular weight excluding hydrogens is 675 g/mol. The maximum Gasteiger partial charge on any atom is 0.353 e. The van der Waals surface area contributed by atoms with Crippen LogP contribution in [0.5, 0.6) is 0 Å². The van der Waals surface area contributed by atoms with E-state index < -0.39 is 40.8 Å². The highest BCUT2D eigenvalue weighted by molar-refractivity contribution is 8.07. The number of rotatable bonds is 11. The molecule has 0 aromatic carbocycles. The SMILES string of the molecule is CC(C)(O/N=C(\C(=O)N[C@@H]1C(=O)N2C(C(=O)O)=C(Sc3nc(C[n+]4cccc5c4CCC5)cs3)CS[C@H]12)c1csc(N)n1)C(=O)O. The molecular formula is C28H28N7O7S4+. The van der Waals surface area contributed by atoms with Crippen molar-refractivity contribution in [3.63, 3.8) is 0 Å². The van der Waals surface area contributed by atoms with E-state index in [2.05, 4.69) is 32.3 Å². The van der Waals surface area contributed by atoms with Crippen LogP contribution in [0.4, 0.5) is 5.13 Å². The summed E-state index contributed by atoms with van der Waals surface area (Å²) in [5.74, 6) is -3.76. The number of pyridine rings is 1. The van der Waals surface area contributed by atoms with E-state index in [4.69, 9.17) is 15.6 Å². The van der Waals surface area contributed by atoms with Crippen molar-refractivity contribution in [2.24, 2.45) is 5.16 Å². The molecule has 0 radical (unpaired) electrons. The Kier molecular flexibility index (Phi) is 8.79. The first kappa shape index (κ1) is 32.0. The number of nitrogens with zero attached hydrogens (tertiary/aromatic N) is 5. The number of carbonyl (C=O) groups excluding carboxylic acids is 2. The van der Waals surface area contributed by atoms with Crippen LogP contribution in [0.15, 0.2) is 49.2 Å². The molecule has 14 nitrogen and oxygen atoms in total. The minimum Gasteiger partial charge on any atom is -0.478 e. The van der Waals surface area contributed by atoms with E-state index in [0.29, 0.717) is 15.8 Å². The molecule has 46 heavy (non-hydrogen) atoms. The largest absolute Gasteiger partial charge is 0.478 e. The number of β-lactam (4-membered cyclic amide) rings is 1. The predicted molar refractivity (Wildman–Crippen MR) is 171 cm³/mol. The number of thioether (sulfide) groups is 2. The fourth-order valence-corrected chi connectivity index (χ4v) is 9.14. The lowest BCUT2D eigenvalue weighted by atomic mass is 10.0. The lowest BCUT2D eigenvalue weighted by Gasteiger charge is -2.49. The van der Waals surface area contributed by atoms with E-state index in [-0.39, 0.29) is 28.0 Å². The Hall–Kier alpha value is -4.00. The number of carboxylic acids is 2. The Labute approximate surface area is 278 Å². The summed E-state index contributed by atoms with van der Waals surface area (Å²) in [6, 6.07) is 3.13. The monoisotopic (exact) mass is 702 g/mol. The normalized spacial score (nSPS) is 19.4. The smallest absolute Gasteiger partial charge is 0.353 e. The van der Waals surface area contributed by atoms with Crippen LogP contribution in [-0.4, -0.2) is 77.3 Å². The minimum atomic E-state index is -1.76. The number of aliphatic carboxylic acids is 2. The lowest BCUT2D eigenvalue weighted by Crippen LogP contribution is -2.71. The van der Waals surface area contributed by atoms with Gasteiger partial charge in [0.05, 0.1) is 0 Å². The van der Waals surface area contributed by atoms with Crippen LogP contribution in [0.25, 0.3) is 0 Å². The molecule has 1 aliphatic carbocycles. The Morgan fingerprint density at radius 1 is 1.24 bits per heavy atom. The van der Waals surface area contributed by atoms with Gasteiger partial charge in [-0.3, -0.25) is 14.5 Å². The van der Waals surface area contributed by atoms with E-state index in [1.165, 1.54) is 70.2 Å². The predicted octanol–water partition coefficient (Wildman–Crippen LogP) is 2.08. The van der Waals surface area contributed by atoms with E-state index in [9.17, 15) is 29.4 Å². The van der Waals surface area contributed by atoms with Crippen molar-refractivity contribution in [1.82, 2.24) is 20.2 Å². The first-order valence-electron chi connectivity index (χ1n) is 14.0. The molecule has 2 aliphatic heterocycles. The first-order valence-corrected chi connectivity index (χ1v) is 17.6. The van der Waals surface area contributed by atoms with Crippen LogP contribution in [0.3, 0.4) is 0 Å². The second-order valence-corrected chi connectivity index (χ2v) is 15.2. The van der Waals surface area contributed by atoms with Crippen LogP contribution in [-0.2, 0) is 43.4 Å². The second kappa shape index (κ2) is 12.7. The number of hydrogen-bond donors (Lipinski definition) is 4. The summed E-state index contributed by atoms with van der Waals surface area (Å²) in [7, 11) is 0. The quantitative estimate of drug-likeness (QED) is 0.0983. The molecule has 5 N–H and O–H groups in total. The van der Waals surface area contributed by atoms with E-state index in [0.717, 1.165) is 36.3 Å². The first-order chi connectivity index (χ1) is 21.9. The number of thiazole rings is 2. The summed E-state index contributed by atoms with van der Waals surface area (Å²) in [6.45, 7) is 3.13. The van der Waals surface area contributed by atoms with E-state index in [1.807, 2.05) is 11.4 Å². The summed E-state index contributed by atoms with van der Waals surface area (Å²) in [4.78, 5) is 66.1. The van der Waals surface area contributed by atoms with Gasteiger partial charge in [0.1, 0.15) is 28.5 Å². The summed E-state index contributed by atoms with van der Waals surface area (Å²) in [5, 5.41) is 28.7. The van der Waals surface area contributed by atoms with Crippen LogP contribution < -0.4 is 15.6 Å². The van der Waals surface area contributed by atoms with Gasteiger partial charge in [-0.25, -0.2) is 19.6 Å². The maximum atomic E-state index is 13.3. The molecule has 1 fully saturated rings. The van der Waals surface area contributed by atoms with Crippen molar-refractivity contribution in [2.75, 3.05) is 11.5 Å². The fraction of sp³-hybridized carbons (Fsp3) is 0.357. The number of oxime groups is 1. The van der Waals surface area contributed by atoms with Gasteiger partial charge in [0, 0.05) is 39.5 Å². The number of aryl methyl sites for hydroxylation is 1. The van der Waals surface area contributed by atoms with Gasteiger partial charge in [-0.1, -0.05) is 16.9 Å². The second-order valence-electron chi connectivity index (χ2n) is 11.0. The molecule has 18 heteroatoms. The van der Waals surface area contributed by atoms with Gasteiger partial charge >= 0.3 is 11.9 Å².